The van der Waals surface area contributed by atoms with Crippen molar-refractivity contribution in [3.8, 4) is 0 Å². The van der Waals surface area contributed by atoms with Gasteiger partial charge in [-0.15, -0.1) is 0 Å². The third-order valence-corrected chi connectivity index (χ3v) is 9.27. The van der Waals surface area contributed by atoms with E-state index in [1.807, 2.05) is 6.08 Å². The largest absolute Gasteiger partial charge is 0.393 e. The van der Waals surface area contributed by atoms with Gasteiger partial charge in [0.05, 0.1) is 11.7 Å². The van der Waals surface area contributed by atoms with E-state index in [1.54, 1.807) is 0 Å². The molecule has 176 valence electrons. The summed E-state index contributed by atoms with van der Waals surface area (Å²) in [7, 11) is 0. The van der Waals surface area contributed by atoms with Crippen molar-refractivity contribution in [3.63, 3.8) is 0 Å². The fourth-order valence-electron chi connectivity index (χ4n) is 6.82. The Labute approximate surface area is 190 Å². The predicted octanol–water partition coefficient (Wildman–Crippen LogP) is 5.81. The number of hydrogen-bond acceptors (Lipinski definition) is 3. The minimum Gasteiger partial charge on any atom is -0.393 e. The van der Waals surface area contributed by atoms with Gasteiger partial charge in [0.2, 0.25) is 0 Å². The molecule has 3 N–H and O–H groups in total. The van der Waals surface area contributed by atoms with Crippen LogP contribution in [0.4, 0.5) is 0 Å². The van der Waals surface area contributed by atoms with Crippen molar-refractivity contribution >= 4 is 0 Å². The van der Waals surface area contributed by atoms with Crippen molar-refractivity contribution in [2.75, 3.05) is 0 Å². The van der Waals surface area contributed by atoms with Gasteiger partial charge in [-0.25, -0.2) is 0 Å². The van der Waals surface area contributed by atoms with Gasteiger partial charge in [0.1, 0.15) is 6.10 Å². The first-order valence-electron chi connectivity index (χ1n) is 12.6. The molecule has 3 saturated carbocycles. The van der Waals surface area contributed by atoms with Gasteiger partial charge >= 0.3 is 0 Å². The average Bonchev–Trinajstić information content (AvgIpc) is 3.07. The van der Waals surface area contributed by atoms with Crippen LogP contribution in [0.1, 0.15) is 86.0 Å². The fraction of sp³-hybridized carbons (Fsp3) is 0.786. The monoisotopic (exact) mass is 430 g/mol. The van der Waals surface area contributed by atoms with E-state index >= 15 is 0 Å². The van der Waals surface area contributed by atoms with Crippen molar-refractivity contribution in [2.24, 2.45) is 35.0 Å². The highest BCUT2D eigenvalue weighted by molar-refractivity contribution is 5.33. The van der Waals surface area contributed by atoms with Gasteiger partial charge in [-0.3, -0.25) is 0 Å². The van der Waals surface area contributed by atoms with E-state index in [0.717, 1.165) is 49.7 Å². The molecule has 0 radical (unpaired) electrons. The Morgan fingerprint density at radius 1 is 1.06 bits per heavy atom. The average molecular weight is 431 g/mol. The lowest BCUT2D eigenvalue weighted by molar-refractivity contribution is -0.155. The molecule has 3 fully saturated rings. The van der Waals surface area contributed by atoms with Gasteiger partial charge in [0, 0.05) is 0 Å². The van der Waals surface area contributed by atoms with Gasteiger partial charge in [-0.2, -0.15) is 0 Å². The molecule has 0 amide bonds. The van der Waals surface area contributed by atoms with Crippen molar-refractivity contribution < 1.29 is 15.3 Å². The number of hydrogen-bond donors (Lipinski definition) is 3. The van der Waals surface area contributed by atoms with E-state index in [1.165, 1.54) is 0 Å². The Balaban J connectivity index is 1.80. The molecule has 0 spiro atoms. The van der Waals surface area contributed by atoms with Gasteiger partial charge in [0.15, 0.2) is 0 Å². The van der Waals surface area contributed by atoms with Crippen molar-refractivity contribution in [3.05, 3.63) is 36.0 Å². The molecular formula is C28H46O3. The first-order valence-corrected chi connectivity index (χ1v) is 12.6. The first kappa shape index (κ1) is 24.7. The maximum absolute atomic E-state index is 11.8. The number of aliphatic hydroxyl groups is 3. The van der Waals surface area contributed by atoms with Crippen molar-refractivity contribution in [2.45, 2.75) is 104 Å². The van der Waals surface area contributed by atoms with Crippen LogP contribution in [-0.2, 0) is 0 Å². The van der Waals surface area contributed by atoms with E-state index in [-0.39, 0.29) is 17.4 Å². The predicted molar refractivity (Wildman–Crippen MR) is 129 cm³/mol. The minimum absolute atomic E-state index is 0.0421. The van der Waals surface area contributed by atoms with Crippen LogP contribution in [-0.4, -0.2) is 33.1 Å². The summed E-state index contributed by atoms with van der Waals surface area (Å²) < 4.78 is 0. The molecule has 3 nitrogen and oxygen atoms in total. The van der Waals surface area contributed by atoms with Crippen LogP contribution in [0.5, 0.6) is 0 Å². The normalized spacial score (nSPS) is 41.0. The second kappa shape index (κ2) is 9.53. The molecule has 8 atom stereocenters. The van der Waals surface area contributed by atoms with Gasteiger partial charge in [0.25, 0.3) is 0 Å². The number of rotatable bonds is 6. The van der Waals surface area contributed by atoms with Gasteiger partial charge in [-0.05, 0) is 98.0 Å². The van der Waals surface area contributed by atoms with Crippen LogP contribution in [0, 0.1) is 35.0 Å². The molecule has 0 saturated heterocycles. The highest BCUT2D eigenvalue weighted by Gasteiger charge is 2.59. The topological polar surface area (TPSA) is 60.7 Å². The van der Waals surface area contributed by atoms with Crippen molar-refractivity contribution in [1.29, 1.82) is 0 Å². The first-order chi connectivity index (χ1) is 14.5. The fourth-order valence-corrected chi connectivity index (χ4v) is 6.82. The van der Waals surface area contributed by atoms with E-state index in [0.29, 0.717) is 36.5 Å². The lowest BCUT2D eigenvalue weighted by atomic mass is 9.56. The standard InChI is InChI=1S/C28H46O3/c1-18(2)19(3)8-9-21(5)24-12-13-25-27(24,6)14-7-15-28(25,31)26(30)17-22-16-23(29)11-10-20(22)4/h8-9,17-19,21,23-26,29-31H,4,7,10-16H2,1-3,5-6H3. The number of fused-ring (bicyclic) bond motifs is 1. The molecule has 0 aliphatic heterocycles. The second-order valence-corrected chi connectivity index (χ2v) is 11.6. The smallest absolute Gasteiger partial charge is 0.102 e. The zero-order chi connectivity index (χ0) is 23.0. The molecule has 3 aliphatic rings. The molecule has 3 rings (SSSR count). The van der Waals surface area contributed by atoms with E-state index < -0.39 is 11.7 Å². The molecule has 0 bridgehead atoms. The van der Waals surface area contributed by atoms with Crippen molar-refractivity contribution in [1.82, 2.24) is 0 Å². The Hall–Kier alpha value is -0.900. The van der Waals surface area contributed by atoms with E-state index in [4.69, 9.17) is 0 Å². The summed E-state index contributed by atoms with van der Waals surface area (Å²) in [6.07, 6.45) is 12.2. The summed E-state index contributed by atoms with van der Waals surface area (Å²) in [6.45, 7) is 15.6. The summed E-state index contributed by atoms with van der Waals surface area (Å²) in [5.41, 5.74) is 0.876. The minimum atomic E-state index is -1.09. The van der Waals surface area contributed by atoms with Crippen LogP contribution in [0.15, 0.2) is 36.0 Å². The molecule has 0 heterocycles. The van der Waals surface area contributed by atoms with E-state index in [2.05, 4.69) is 53.3 Å². The molecule has 3 aliphatic carbocycles. The summed E-state index contributed by atoms with van der Waals surface area (Å²) >= 11 is 0. The Morgan fingerprint density at radius 2 is 1.77 bits per heavy atom. The van der Waals surface area contributed by atoms with Gasteiger partial charge in [-0.1, -0.05) is 58.9 Å². The zero-order valence-corrected chi connectivity index (χ0v) is 20.5. The number of aliphatic hydroxyl groups excluding tert-OH is 2. The Kier molecular flexibility index (Phi) is 7.61. The quantitative estimate of drug-likeness (QED) is 0.466. The molecule has 0 aromatic rings. The van der Waals surface area contributed by atoms with Gasteiger partial charge < -0.3 is 15.3 Å². The maximum atomic E-state index is 11.8. The van der Waals surface area contributed by atoms with Crippen LogP contribution in [0.3, 0.4) is 0 Å². The lowest BCUT2D eigenvalue weighted by Crippen LogP contribution is -2.56. The molecule has 0 aromatic heterocycles. The maximum Gasteiger partial charge on any atom is 0.102 e. The summed E-state index contributed by atoms with van der Waals surface area (Å²) in [6, 6.07) is 0. The van der Waals surface area contributed by atoms with Crippen LogP contribution >= 0.6 is 0 Å². The summed E-state index contributed by atoms with van der Waals surface area (Å²) in [5, 5.41) is 33.2. The third-order valence-electron chi connectivity index (χ3n) is 9.27. The summed E-state index contributed by atoms with van der Waals surface area (Å²) in [4.78, 5) is 0. The van der Waals surface area contributed by atoms with Crippen LogP contribution in [0.25, 0.3) is 0 Å². The summed E-state index contributed by atoms with van der Waals surface area (Å²) in [5.74, 6) is 2.33. The number of allylic oxidation sites excluding steroid dienone is 3. The molecule has 8 unspecified atom stereocenters. The van der Waals surface area contributed by atoms with Crippen LogP contribution < -0.4 is 0 Å². The third kappa shape index (κ3) is 4.89. The molecule has 31 heavy (non-hydrogen) atoms. The zero-order valence-electron chi connectivity index (χ0n) is 20.5. The highest BCUT2D eigenvalue weighted by Crippen LogP contribution is 2.61. The second-order valence-electron chi connectivity index (χ2n) is 11.6. The molecular weight excluding hydrogens is 384 g/mol. The molecule has 0 aromatic carbocycles. The van der Waals surface area contributed by atoms with E-state index in [9.17, 15) is 15.3 Å². The SMILES string of the molecule is C=C1CCC(O)CC1=CC(O)C1(O)CCCC2(C)C(C(C)C=CC(C)C(C)C)CCC21. The van der Waals surface area contributed by atoms with Crippen LogP contribution in [0.2, 0.25) is 0 Å². The highest BCUT2D eigenvalue weighted by atomic mass is 16.3. The lowest BCUT2D eigenvalue weighted by Gasteiger charge is -2.52. The Bertz CT molecular complexity index is 707. The Morgan fingerprint density at radius 3 is 2.45 bits per heavy atom. The molecule has 3 heteroatoms.